The molecular formula is C10H19NO3. The maximum atomic E-state index is 11.1. The third-order valence-corrected chi connectivity index (χ3v) is 1.45. The van der Waals surface area contributed by atoms with Gasteiger partial charge in [0, 0.05) is 13.2 Å². The van der Waals surface area contributed by atoms with Gasteiger partial charge in [0.05, 0.1) is 13.2 Å². The van der Waals surface area contributed by atoms with Gasteiger partial charge in [-0.2, -0.15) is 0 Å². The van der Waals surface area contributed by atoms with Crippen LogP contribution in [-0.4, -0.2) is 38.4 Å². The van der Waals surface area contributed by atoms with E-state index in [1.165, 1.54) is 0 Å². The lowest BCUT2D eigenvalue weighted by Gasteiger charge is -2.12. The number of carbonyl (C=O) groups excluding carboxylic acids is 1. The molecule has 0 aliphatic carbocycles. The molecule has 1 atom stereocenters. The molecule has 0 aromatic carbocycles. The summed E-state index contributed by atoms with van der Waals surface area (Å²) in [6.45, 7) is 9.13. The molecule has 0 aromatic heterocycles. The van der Waals surface area contributed by atoms with Crippen molar-refractivity contribution in [2.24, 2.45) is 0 Å². The first-order valence-electron chi connectivity index (χ1n) is 4.79. The van der Waals surface area contributed by atoms with Crippen molar-refractivity contribution in [3.05, 3.63) is 12.7 Å². The molecule has 1 N–H and O–H groups in total. The summed E-state index contributed by atoms with van der Waals surface area (Å²) in [6, 6.07) is 0. The molecule has 82 valence electrons. The summed E-state index contributed by atoms with van der Waals surface area (Å²) in [5.74, 6) is -0.265. The molecule has 0 rings (SSSR count). The molecule has 4 heteroatoms. The molecule has 0 bridgehead atoms. The van der Waals surface area contributed by atoms with E-state index in [1.54, 1.807) is 13.0 Å². The third kappa shape index (κ3) is 7.76. The highest BCUT2D eigenvalue weighted by atomic mass is 16.6. The lowest BCUT2D eigenvalue weighted by Crippen LogP contribution is -2.29. The summed E-state index contributed by atoms with van der Waals surface area (Å²) in [5.41, 5.74) is 0. The van der Waals surface area contributed by atoms with Crippen LogP contribution in [0, 0.1) is 0 Å². The molecule has 0 fully saturated rings. The highest BCUT2D eigenvalue weighted by molar-refractivity contribution is 5.71. The van der Waals surface area contributed by atoms with Crippen LogP contribution >= 0.6 is 0 Å². The largest absolute Gasteiger partial charge is 0.459 e. The van der Waals surface area contributed by atoms with E-state index in [4.69, 9.17) is 9.47 Å². The fourth-order valence-electron chi connectivity index (χ4n) is 0.860. The summed E-state index contributed by atoms with van der Waals surface area (Å²) in [5, 5.41) is 2.86. The van der Waals surface area contributed by atoms with Crippen molar-refractivity contribution in [1.29, 1.82) is 0 Å². The van der Waals surface area contributed by atoms with Gasteiger partial charge in [-0.3, -0.25) is 4.79 Å². The van der Waals surface area contributed by atoms with Crippen LogP contribution in [0.2, 0.25) is 0 Å². The number of ether oxygens (including phenoxy) is 2. The van der Waals surface area contributed by atoms with Gasteiger partial charge < -0.3 is 14.8 Å². The van der Waals surface area contributed by atoms with Crippen molar-refractivity contribution in [3.8, 4) is 0 Å². The average Bonchev–Trinajstić information content (AvgIpc) is 2.15. The van der Waals surface area contributed by atoms with Gasteiger partial charge in [0.15, 0.2) is 0 Å². The normalized spacial score (nSPS) is 12.1. The maximum Gasteiger partial charge on any atom is 0.320 e. The number of esters is 1. The van der Waals surface area contributed by atoms with Crippen molar-refractivity contribution in [2.45, 2.75) is 20.0 Å². The Morgan fingerprint density at radius 2 is 2.36 bits per heavy atom. The standard InChI is InChI=1S/C10H19NO3/c1-4-6-11-7-10(12)14-9(3)8-13-5-2/h4,9,11H,1,5-8H2,2-3H3. The molecule has 0 aliphatic rings. The van der Waals surface area contributed by atoms with Crippen LogP contribution in [0.5, 0.6) is 0 Å². The molecular weight excluding hydrogens is 182 g/mol. The lowest BCUT2D eigenvalue weighted by molar-refractivity contribution is -0.149. The summed E-state index contributed by atoms with van der Waals surface area (Å²) in [7, 11) is 0. The lowest BCUT2D eigenvalue weighted by atomic mass is 10.4. The minimum Gasteiger partial charge on any atom is -0.459 e. The highest BCUT2D eigenvalue weighted by Crippen LogP contribution is 1.92. The molecule has 0 radical (unpaired) electrons. The van der Waals surface area contributed by atoms with Crippen LogP contribution in [0.3, 0.4) is 0 Å². The first-order chi connectivity index (χ1) is 6.70. The highest BCUT2D eigenvalue weighted by Gasteiger charge is 2.08. The number of hydrogen-bond acceptors (Lipinski definition) is 4. The van der Waals surface area contributed by atoms with Crippen LogP contribution in [0.1, 0.15) is 13.8 Å². The zero-order valence-electron chi connectivity index (χ0n) is 8.91. The Hall–Kier alpha value is -0.870. The summed E-state index contributed by atoms with van der Waals surface area (Å²) in [4.78, 5) is 11.1. The Morgan fingerprint density at radius 1 is 1.64 bits per heavy atom. The fourth-order valence-corrected chi connectivity index (χ4v) is 0.860. The molecule has 0 saturated carbocycles. The average molecular weight is 201 g/mol. The second kappa shape index (κ2) is 8.72. The second-order valence-electron chi connectivity index (χ2n) is 2.88. The fraction of sp³-hybridized carbons (Fsp3) is 0.700. The first-order valence-corrected chi connectivity index (χ1v) is 4.79. The molecule has 4 nitrogen and oxygen atoms in total. The zero-order valence-corrected chi connectivity index (χ0v) is 8.91. The van der Waals surface area contributed by atoms with E-state index in [0.717, 1.165) is 0 Å². The van der Waals surface area contributed by atoms with E-state index < -0.39 is 0 Å². The Morgan fingerprint density at radius 3 is 2.93 bits per heavy atom. The predicted octanol–water partition coefficient (Wildman–Crippen LogP) is 0.730. The Kier molecular flexibility index (Phi) is 8.17. The summed E-state index contributed by atoms with van der Waals surface area (Å²) >= 11 is 0. The molecule has 0 spiro atoms. The van der Waals surface area contributed by atoms with Gasteiger partial charge in [-0.15, -0.1) is 6.58 Å². The van der Waals surface area contributed by atoms with E-state index in [2.05, 4.69) is 11.9 Å². The molecule has 0 aliphatic heterocycles. The monoisotopic (exact) mass is 201 g/mol. The van der Waals surface area contributed by atoms with Crippen molar-refractivity contribution in [2.75, 3.05) is 26.3 Å². The number of rotatable bonds is 8. The topological polar surface area (TPSA) is 47.6 Å². The quantitative estimate of drug-likeness (QED) is 0.357. The summed E-state index contributed by atoms with van der Waals surface area (Å²) < 4.78 is 10.1. The van der Waals surface area contributed by atoms with E-state index in [0.29, 0.717) is 19.8 Å². The Bertz CT molecular complexity index is 171. The van der Waals surface area contributed by atoms with Gasteiger partial charge >= 0.3 is 5.97 Å². The molecule has 0 saturated heterocycles. The van der Waals surface area contributed by atoms with Crippen molar-refractivity contribution >= 4 is 5.97 Å². The Labute approximate surface area is 85.3 Å². The van der Waals surface area contributed by atoms with Gasteiger partial charge in [0.25, 0.3) is 0 Å². The van der Waals surface area contributed by atoms with E-state index in [1.807, 2.05) is 6.92 Å². The van der Waals surface area contributed by atoms with Crippen LogP contribution in [0.25, 0.3) is 0 Å². The first kappa shape index (κ1) is 13.1. The van der Waals surface area contributed by atoms with Crippen molar-refractivity contribution in [1.82, 2.24) is 5.32 Å². The third-order valence-electron chi connectivity index (χ3n) is 1.45. The number of hydrogen-bond donors (Lipinski definition) is 1. The predicted molar refractivity (Wildman–Crippen MR) is 55.1 cm³/mol. The van der Waals surface area contributed by atoms with Gasteiger partial charge in [-0.1, -0.05) is 6.08 Å². The number of carbonyl (C=O) groups is 1. The minimum absolute atomic E-state index is 0.187. The van der Waals surface area contributed by atoms with Crippen molar-refractivity contribution in [3.63, 3.8) is 0 Å². The SMILES string of the molecule is C=CCNCC(=O)OC(C)COCC. The van der Waals surface area contributed by atoms with Gasteiger partial charge in [0.1, 0.15) is 6.10 Å². The van der Waals surface area contributed by atoms with Gasteiger partial charge in [0.2, 0.25) is 0 Å². The summed E-state index contributed by atoms with van der Waals surface area (Å²) in [6.07, 6.45) is 1.50. The minimum atomic E-state index is -0.265. The maximum absolute atomic E-state index is 11.1. The Balaban J connectivity index is 3.44. The van der Waals surface area contributed by atoms with E-state index in [9.17, 15) is 4.79 Å². The van der Waals surface area contributed by atoms with E-state index >= 15 is 0 Å². The van der Waals surface area contributed by atoms with Crippen LogP contribution in [-0.2, 0) is 14.3 Å². The molecule has 0 heterocycles. The van der Waals surface area contributed by atoms with Crippen LogP contribution in [0.15, 0.2) is 12.7 Å². The molecule has 0 amide bonds. The van der Waals surface area contributed by atoms with Crippen LogP contribution < -0.4 is 5.32 Å². The molecule has 1 unspecified atom stereocenters. The zero-order chi connectivity index (χ0) is 10.8. The van der Waals surface area contributed by atoms with Gasteiger partial charge in [-0.05, 0) is 13.8 Å². The molecule has 14 heavy (non-hydrogen) atoms. The molecule has 0 aromatic rings. The van der Waals surface area contributed by atoms with Gasteiger partial charge in [-0.25, -0.2) is 0 Å². The van der Waals surface area contributed by atoms with Crippen molar-refractivity contribution < 1.29 is 14.3 Å². The smallest absolute Gasteiger partial charge is 0.320 e. The van der Waals surface area contributed by atoms with Crippen LogP contribution in [0.4, 0.5) is 0 Å². The second-order valence-corrected chi connectivity index (χ2v) is 2.88. The number of nitrogens with one attached hydrogen (secondary N) is 1. The van der Waals surface area contributed by atoms with E-state index in [-0.39, 0.29) is 18.6 Å².